The molecule has 17 heteroatoms. The molecule has 0 spiro atoms. The molecule has 234 valence electrons. The monoisotopic (exact) mass is 677 g/mol. The van der Waals surface area contributed by atoms with Crippen molar-refractivity contribution in [3.8, 4) is 0 Å². The second-order valence-electron chi connectivity index (χ2n) is 10.1. The molecular formula is C27H22Cl2F5N5O4S. The molecule has 44 heavy (non-hydrogen) atoms. The molecule has 1 unspecified atom stereocenters. The number of alkyl halides is 3. The Hall–Kier alpha value is -3.82. The third-order valence-corrected chi connectivity index (χ3v) is 8.92. The van der Waals surface area contributed by atoms with Crippen molar-refractivity contribution in [2.75, 3.05) is 39.5 Å². The highest BCUT2D eigenvalue weighted by Gasteiger charge is 2.38. The SMILES string of the molecule is CC1CN(C(=O)Nc2ccc(C(F)(F)F)cc2Cl)c2c1cc(S(=O)(=O)Nc1c(F)cc(Cl)cc1F)cc2N1CCCNC1=O. The van der Waals surface area contributed by atoms with Crippen LogP contribution >= 0.6 is 23.2 Å². The molecular weight excluding hydrogens is 656 g/mol. The fraction of sp³-hybridized carbons (Fsp3) is 0.259. The number of hydrogen-bond donors (Lipinski definition) is 3. The van der Waals surface area contributed by atoms with Crippen LogP contribution in [0.25, 0.3) is 0 Å². The number of fused-ring (bicyclic) bond motifs is 1. The van der Waals surface area contributed by atoms with Gasteiger partial charge >= 0.3 is 18.2 Å². The van der Waals surface area contributed by atoms with E-state index >= 15 is 0 Å². The van der Waals surface area contributed by atoms with Gasteiger partial charge in [0.1, 0.15) is 5.69 Å². The molecule has 0 aliphatic carbocycles. The van der Waals surface area contributed by atoms with Crippen molar-refractivity contribution in [2.24, 2.45) is 0 Å². The quantitative estimate of drug-likeness (QED) is 0.249. The van der Waals surface area contributed by atoms with Crippen LogP contribution in [0.15, 0.2) is 47.4 Å². The van der Waals surface area contributed by atoms with E-state index in [2.05, 4.69) is 10.6 Å². The van der Waals surface area contributed by atoms with Crippen LogP contribution in [0.2, 0.25) is 10.0 Å². The van der Waals surface area contributed by atoms with Gasteiger partial charge in [-0.1, -0.05) is 30.1 Å². The van der Waals surface area contributed by atoms with Gasteiger partial charge in [-0.05, 0) is 54.4 Å². The standard InChI is InChI=1S/C27H22Cl2F5N5O4S/c1-13-12-39(26(41)36-21-4-3-14(7-18(21)29)27(32,33)34)24-17(13)10-16(11-22(24)38-6-2-5-35-25(38)40)44(42,43)37-23-19(30)8-15(28)9-20(23)31/h3-4,7-11,13,37H,2,5-6,12H2,1H3,(H,35,40)(H,36,41). The van der Waals surface area contributed by atoms with Crippen molar-refractivity contribution >= 4 is 68.0 Å². The highest BCUT2D eigenvalue weighted by molar-refractivity contribution is 7.92. The van der Waals surface area contributed by atoms with Crippen LogP contribution in [0.5, 0.6) is 0 Å². The first-order valence-electron chi connectivity index (χ1n) is 12.9. The second-order valence-corrected chi connectivity index (χ2v) is 12.6. The lowest BCUT2D eigenvalue weighted by Crippen LogP contribution is -2.47. The summed E-state index contributed by atoms with van der Waals surface area (Å²) in [5, 5.41) is 4.46. The minimum absolute atomic E-state index is 0.00939. The zero-order chi connectivity index (χ0) is 32.1. The molecule has 9 nitrogen and oxygen atoms in total. The van der Waals surface area contributed by atoms with Gasteiger partial charge in [0, 0.05) is 30.6 Å². The summed E-state index contributed by atoms with van der Waals surface area (Å²) >= 11 is 11.7. The van der Waals surface area contributed by atoms with Crippen molar-refractivity contribution in [3.63, 3.8) is 0 Å². The smallest absolute Gasteiger partial charge is 0.338 e. The van der Waals surface area contributed by atoms with Crippen LogP contribution in [-0.2, 0) is 16.2 Å². The van der Waals surface area contributed by atoms with Crippen LogP contribution < -0.4 is 25.2 Å². The summed E-state index contributed by atoms with van der Waals surface area (Å²) < 4.78 is 96.9. The number of carbonyl (C=O) groups is 2. The maximum atomic E-state index is 14.5. The van der Waals surface area contributed by atoms with Crippen molar-refractivity contribution in [1.29, 1.82) is 0 Å². The van der Waals surface area contributed by atoms with Crippen LogP contribution in [0.1, 0.15) is 30.4 Å². The number of benzene rings is 3. The number of urea groups is 2. The normalized spacial score (nSPS) is 16.9. The van der Waals surface area contributed by atoms with E-state index in [4.69, 9.17) is 23.2 Å². The molecule has 1 atom stereocenters. The Morgan fingerprint density at radius 1 is 1.07 bits per heavy atom. The van der Waals surface area contributed by atoms with E-state index in [1.54, 1.807) is 6.92 Å². The number of amides is 4. The molecule has 0 radical (unpaired) electrons. The fourth-order valence-corrected chi connectivity index (χ4v) is 6.51. The highest BCUT2D eigenvalue weighted by Crippen LogP contribution is 2.46. The summed E-state index contributed by atoms with van der Waals surface area (Å²) in [6.45, 7) is 2.16. The van der Waals surface area contributed by atoms with Crippen LogP contribution in [0.4, 0.5) is 54.3 Å². The minimum atomic E-state index is -4.66. The minimum Gasteiger partial charge on any atom is -0.338 e. The maximum Gasteiger partial charge on any atom is 0.416 e. The Labute approximate surface area is 258 Å². The number of nitrogens with zero attached hydrogens (tertiary/aromatic N) is 2. The Morgan fingerprint density at radius 3 is 2.36 bits per heavy atom. The topological polar surface area (TPSA) is 111 Å². The Balaban J connectivity index is 1.56. The Morgan fingerprint density at radius 2 is 1.75 bits per heavy atom. The zero-order valence-electron chi connectivity index (χ0n) is 22.5. The van der Waals surface area contributed by atoms with Crippen molar-refractivity contribution < 1.29 is 40.0 Å². The van der Waals surface area contributed by atoms with Gasteiger partial charge in [-0.3, -0.25) is 14.5 Å². The number of nitrogens with one attached hydrogen (secondary N) is 3. The molecule has 4 amide bonds. The summed E-state index contributed by atoms with van der Waals surface area (Å²) in [5.41, 5.74) is -1.60. The number of anilines is 4. The van der Waals surface area contributed by atoms with Crippen molar-refractivity contribution in [1.82, 2.24) is 5.32 Å². The fourth-order valence-electron chi connectivity index (χ4n) is 4.96. The van der Waals surface area contributed by atoms with E-state index in [1.165, 1.54) is 15.9 Å². The lowest BCUT2D eigenvalue weighted by Gasteiger charge is -2.31. The summed E-state index contributed by atoms with van der Waals surface area (Å²) in [6.07, 6.45) is -4.18. The Kier molecular flexibility index (Phi) is 8.33. The van der Waals surface area contributed by atoms with Gasteiger partial charge in [-0.15, -0.1) is 0 Å². The highest BCUT2D eigenvalue weighted by atomic mass is 35.5. The average molecular weight is 678 g/mol. The predicted molar refractivity (Wildman–Crippen MR) is 155 cm³/mol. The van der Waals surface area contributed by atoms with Crippen molar-refractivity contribution in [2.45, 2.75) is 30.3 Å². The first-order chi connectivity index (χ1) is 20.6. The number of carbonyl (C=O) groups excluding carboxylic acids is 2. The van der Waals surface area contributed by atoms with E-state index < -0.39 is 62.0 Å². The summed E-state index contributed by atoms with van der Waals surface area (Å²) in [5.74, 6) is -3.02. The summed E-state index contributed by atoms with van der Waals surface area (Å²) in [7, 11) is -4.66. The molecule has 1 saturated heterocycles. The maximum absolute atomic E-state index is 14.5. The van der Waals surface area contributed by atoms with Crippen LogP contribution in [0.3, 0.4) is 0 Å². The van der Waals surface area contributed by atoms with E-state index in [1.807, 2.05) is 4.72 Å². The zero-order valence-corrected chi connectivity index (χ0v) is 24.9. The molecule has 0 aromatic heterocycles. The molecule has 5 rings (SSSR count). The van der Waals surface area contributed by atoms with Crippen LogP contribution in [-0.4, -0.2) is 40.1 Å². The Bertz CT molecular complexity index is 1770. The van der Waals surface area contributed by atoms with Crippen LogP contribution in [0, 0.1) is 11.6 Å². The average Bonchev–Trinajstić information content (AvgIpc) is 3.27. The van der Waals surface area contributed by atoms with E-state index in [-0.39, 0.29) is 40.2 Å². The number of halogens is 7. The first kappa shape index (κ1) is 31.6. The lowest BCUT2D eigenvalue weighted by atomic mass is 10.0. The van der Waals surface area contributed by atoms with Gasteiger partial charge in [-0.2, -0.15) is 13.2 Å². The summed E-state index contributed by atoms with van der Waals surface area (Å²) in [6, 6.07) is 4.81. The number of rotatable bonds is 5. The van der Waals surface area contributed by atoms with Gasteiger partial charge < -0.3 is 10.6 Å². The number of hydrogen-bond acceptors (Lipinski definition) is 4. The molecule has 0 saturated carbocycles. The number of sulfonamides is 1. The van der Waals surface area contributed by atoms with Crippen molar-refractivity contribution in [3.05, 3.63) is 75.3 Å². The first-order valence-corrected chi connectivity index (χ1v) is 15.2. The molecule has 3 aromatic carbocycles. The van der Waals surface area contributed by atoms with E-state index in [9.17, 15) is 40.0 Å². The molecule has 0 bridgehead atoms. The molecule has 3 N–H and O–H groups in total. The van der Waals surface area contributed by atoms with Gasteiger partial charge in [0.05, 0.1) is 32.5 Å². The van der Waals surface area contributed by atoms with E-state index in [0.717, 1.165) is 30.3 Å². The van der Waals surface area contributed by atoms with Gasteiger partial charge in [-0.25, -0.2) is 26.8 Å². The molecule has 2 heterocycles. The lowest BCUT2D eigenvalue weighted by molar-refractivity contribution is -0.137. The molecule has 2 aliphatic rings. The van der Waals surface area contributed by atoms with Gasteiger partial charge in [0.25, 0.3) is 10.0 Å². The second kappa shape index (κ2) is 11.6. The predicted octanol–water partition coefficient (Wildman–Crippen LogP) is 7.17. The van der Waals surface area contributed by atoms with Gasteiger partial charge in [0.2, 0.25) is 0 Å². The third-order valence-electron chi connectivity index (χ3n) is 7.06. The van der Waals surface area contributed by atoms with Gasteiger partial charge in [0.15, 0.2) is 11.6 Å². The molecule has 2 aliphatic heterocycles. The summed E-state index contributed by atoms with van der Waals surface area (Å²) in [4.78, 5) is 28.4. The van der Waals surface area contributed by atoms with E-state index in [0.29, 0.717) is 24.6 Å². The largest absolute Gasteiger partial charge is 0.416 e. The molecule has 1 fully saturated rings. The molecule has 3 aromatic rings. The third kappa shape index (κ3) is 6.08.